The molecule has 0 spiro atoms. The minimum absolute atomic E-state index is 0.0154. The summed E-state index contributed by atoms with van der Waals surface area (Å²) < 4.78 is 6.38. The normalized spacial score (nSPS) is 15.7. The molecule has 0 unspecified atom stereocenters. The van der Waals surface area contributed by atoms with Crippen molar-refractivity contribution in [1.29, 1.82) is 0 Å². The van der Waals surface area contributed by atoms with Crippen LogP contribution >= 0.6 is 0 Å². The van der Waals surface area contributed by atoms with Crippen molar-refractivity contribution in [3.05, 3.63) is 30.1 Å². The number of carbonyl (C=O) groups is 1. The molecule has 1 heterocycles. The average molecular weight is 295 g/mol. The Morgan fingerprint density at radius 2 is 1.90 bits per heavy atom. The number of aliphatic carboxylic acids is 1. The maximum absolute atomic E-state index is 11.2. The molecular formula is C15H25NO3Si. The van der Waals surface area contributed by atoms with Gasteiger partial charge in [0.1, 0.15) is 5.60 Å². The van der Waals surface area contributed by atoms with E-state index in [1.165, 1.54) is 0 Å². The van der Waals surface area contributed by atoms with Crippen LogP contribution in [0.4, 0.5) is 0 Å². The molecule has 0 fully saturated rings. The summed E-state index contributed by atoms with van der Waals surface area (Å²) in [5, 5.41) is 9.23. The van der Waals surface area contributed by atoms with Gasteiger partial charge in [-0.25, -0.2) is 0 Å². The first-order chi connectivity index (χ1) is 8.98. The van der Waals surface area contributed by atoms with Crippen molar-refractivity contribution in [1.82, 2.24) is 4.98 Å². The molecule has 1 atom stereocenters. The molecular weight excluding hydrogens is 270 g/mol. The van der Waals surface area contributed by atoms with E-state index >= 15 is 0 Å². The fraction of sp³-hybridized carbons (Fsp3) is 0.600. The first-order valence-corrected chi connectivity index (χ1v) is 9.72. The van der Waals surface area contributed by atoms with Crippen molar-refractivity contribution in [2.45, 2.75) is 57.8 Å². The summed E-state index contributed by atoms with van der Waals surface area (Å²) in [5.41, 5.74) is -0.219. The van der Waals surface area contributed by atoms with Crippen molar-refractivity contribution in [2.24, 2.45) is 0 Å². The van der Waals surface area contributed by atoms with Crippen LogP contribution < -0.4 is 0 Å². The topological polar surface area (TPSA) is 59.4 Å². The van der Waals surface area contributed by atoms with Crippen LogP contribution in [0.1, 0.15) is 39.8 Å². The molecule has 20 heavy (non-hydrogen) atoms. The van der Waals surface area contributed by atoms with Crippen LogP contribution in [0.15, 0.2) is 24.4 Å². The highest BCUT2D eigenvalue weighted by atomic mass is 28.4. The Kier molecular flexibility index (Phi) is 4.76. The summed E-state index contributed by atoms with van der Waals surface area (Å²) in [4.78, 5) is 15.5. The number of hydrogen-bond acceptors (Lipinski definition) is 3. The van der Waals surface area contributed by atoms with E-state index in [-0.39, 0.29) is 11.5 Å². The second-order valence-corrected chi connectivity index (χ2v) is 11.6. The van der Waals surface area contributed by atoms with Crippen LogP contribution in [0.3, 0.4) is 0 Å². The van der Waals surface area contributed by atoms with Gasteiger partial charge in [0, 0.05) is 6.20 Å². The van der Waals surface area contributed by atoms with Crippen molar-refractivity contribution in [3.63, 3.8) is 0 Å². The highest BCUT2D eigenvalue weighted by Gasteiger charge is 2.45. The molecule has 1 aromatic heterocycles. The Morgan fingerprint density at radius 3 is 2.30 bits per heavy atom. The van der Waals surface area contributed by atoms with Gasteiger partial charge in [-0.1, -0.05) is 26.8 Å². The summed E-state index contributed by atoms with van der Waals surface area (Å²) in [6.07, 6.45) is 1.58. The van der Waals surface area contributed by atoms with Crippen LogP contribution in [0.25, 0.3) is 0 Å². The van der Waals surface area contributed by atoms with Gasteiger partial charge in [0.05, 0.1) is 12.1 Å². The van der Waals surface area contributed by atoms with Crippen LogP contribution in [-0.4, -0.2) is 24.4 Å². The van der Waals surface area contributed by atoms with Gasteiger partial charge in [-0.2, -0.15) is 0 Å². The molecule has 1 rings (SSSR count). The highest BCUT2D eigenvalue weighted by Crippen LogP contribution is 2.42. The average Bonchev–Trinajstić information content (AvgIpc) is 2.26. The second-order valence-electron chi connectivity index (χ2n) is 6.88. The lowest BCUT2D eigenvalue weighted by molar-refractivity contribution is -0.141. The SMILES string of the molecule is CC(C)(C)[Si](C)(C)O[C@](C)(CC(=O)O)c1ccccn1. The van der Waals surface area contributed by atoms with Gasteiger partial charge in [0.15, 0.2) is 8.32 Å². The lowest BCUT2D eigenvalue weighted by Crippen LogP contribution is -2.48. The molecule has 0 saturated heterocycles. The summed E-state index contributed by atoms with van der Waals surface area (Å²) in [6.45, 7) is 12.5. The molecule has 1 N–H and O–H groups in total. The summed E-state index contributed by atoms with van der Waals surface area (Å²) in [5.74, 6) is -0.878. The smallest absolute Gasteiger partial charge is 0.306 e. The van der Waals surface area contributed by atoms with Crippen LogP contribution in [0.5, 0.6) is 0 Å². The van der Waals surface area contributed by atoms with Crippen molar-refractivity contribution in [2.75, 3.05) is 0 Å². The Balaban J connectivity index is 3.17. The predicted molar refractivity (Wildman–Crippen MR) is 82.1 cm³/mol. The maximum Gasteiger partial charge on any atom is 0.306 e. The maximum atomic E-state index is 11.2. The fourth-order valence-electron chi connectivity index (χ4n) is 1.86. The van der Waals surface area contributed by atoms with Gasteiger partial charge in [-0.15, -0.1) is 0 Å². The van der Waals surface area contributed by atoms with Crippen molar-refractivity contribution >= 4 is 14.3 Å². The van der Waals surface area contributed by atoms with E-state index < -0.39 is 19.9 Å². The van der Waals surface area contributed by atoms with Crippen molar-refractivity contribution < 1.29 is 14.3 Å². The van der Waals surface area contributed by atoms with Crippen LogP contribution in [0.2, 0.25) is 18.1 Å². The zero-order valence-corrected chi connectivity index (χ0v) is 14.2. The molecule has 112 valence electrons. The summed E-state index contributed by atoms with van der Waals surface area (Å²) in [7, 11) is -2.09. The van der Waals surface area contributed by atoms with E-state index in [2.05, 4.69) is 38.8 Å². The predicted octanol–water partition coefficient (Wildman–Crippen LogP) is 3.79. The number of rotatable bonds is 5. The number of carboxylic acid groups (broad SMARTS) is 1. The molecule has 0 aliphatic heterocycles. The first kappa shape index (κ1) is 16.9. The van der Waals surface area contributed by atoms with Gasteiger partial charge in [-0.05, 0) is 37.2 Å². The zero-order valence-electron chi connectivity index (χ0n) is 13.2. The molecule has 0 aliphatic carbocycles. The van der Waals surface area contributed by atoms with E-state index in [1.807, 2.05) is 25.1 Å². The largest absolute Gasteiger partial charge is 0.481 e. The van der Waals surface area contributed by atoms with Gasteiger partial charge in [0.25, 0.3) is 0 Å². The van der Waals surface area contributed by atoms with E-state index in [4.69, 9.17) is 4.43 Å². The van der Waals surface area contributed by atoms with Crippen LogP contribution in [-0.2, 0) is 14.8 Å². The van der Waals surface area contributed by atoms with E-state index in [1.54, 1.807) is 6.20 Å². The van der Waals surface area contributed by atoms with E-state index in [0.717, 1.165) is 0 Å². The summed E-state index contributed by atoms with van der Waals surface area (Å²) >= 11 is 0. The third-order valence-electron chi connectivity index (χ3n) is 3.98. The Hall–Kier alpha value is -1.20. The van der Waals surface area contributed by atoms with Crippen molar-refractivity contribution in [3.8, 4) is 0 Å². The fourth-order valence-corrected chi connectivity index (χ4v) is 3.47. The second kappa shape index (κ2) is 5.66. The van der Waals surface area contributed by atoms with Gasteiger partial charge >= 0.3 is 5.97 Å². The quantitative estimate of drug-likeness (QED) is 0.840. The minimum atomic E-state index is -2.09. The first-order valence-electron chi connectivity index (χ1n) is 6.81. The van der Waals surface area contributed by atoms with Gasteiger partial charge in [0.2, 0.25) is 0 Å². The molecule has 0 amide bonds. The Bertz CT molecular complexity index is 468. The molecule has 0 radical (unpaired) electrons. The number of aromatic nitrogens is 1. The van der Waals surface area contributed by atoms with E-state index in [9.17, 15) is 9.90 Å². The lowest BCUT2D eigenvalue weighted by atomic mass is 9.98. The Labute approximate surface area is 122 Å². The number of pyridine rings is 1. The number of nitrogens with zero attached hydrogens (tertiary/aromatic N) is 1. The van der Waals surface area contributed by atoms with Gasteiger partial charge in [-0.3, -0.25) is 9.78 Å². The standard InChI is InChI=1S/C15H25NO3Si/c1-14(2,3)20(5,6)19-15(4,11-13(17)18)12-9-7-8-10-16-12/h7-10H,11H2,1-6H3,(H,17,18)/t15-/m1/s1. The third-order valence-corrected chi connectivity index (χ3v) is 8.56. The lowest BCUT2D eigenvalue weighted by Gasteiger charge is -2.43. The molecule has 0 aromatic carbocycles. The van der Waals surface area contributed by atoms with E-state index in [0.29, 0.717) is 5.69 Å². The molecule has 0 saturated carbocycles. The summed E-state index contributed by atoms with van der Waals surface area (Å²) in [6, 6.07) is 5.50. The molecule has 4 nitrogen and oxygen atoms in total. The minimum Gasteiger partial charge on any atom is -0.481 e. The number of hydrogen-bond donors (Lipinski definition) is 1. The zero-order chi connectivity index (χ0) is 15.6. The Morgan fingerprint density at radius 1 is 1.30 bits per heavy atom. The third kappa shape index (κ3) is 3.90. The molecule has 0 aliphatic rings. The van der Waals surface area contributed by atoms with Crippen LogP contribution in [0, 0.1) is 0 Å². The molecule has 5 heteroatoms. The highest BCUT2D eigenvalue weighted by molar-refractivity contribution is 6.74. The molecule has 0 bridgehead atoms. The molecule has 1 aromatic rings. The number of carboxylic acids is 1. The monoisotopic (exact) mass is 295 g/mol. The van der Waals surface area contributed by atoms with Gasteiger partial charge < -0.3 is 9.53 Å².